The van der Waals surface area contributed by atoms with Gasteiger partial charge in [-0.25, -0.2) is 0 Å². The SMILES string of the molecule is Cn1cc(C(=O)NC[C@@H](O)c2ccc(-c3ccsc3)o2)nn1. The van der Waals surface area contributed by atoms with Crippen LogP contribution in [0.3, 0.4) is 0 Å². The molecule has 2 N–H and O–H groups in total. The van der Waals surface area contributed by atoms with Crippen LogP contribution in [0.4, 0.5) is 0 Å². The lowest BCUT2D eigenvalue weighted by Gasteiger charge is -2.08. The Hall–Kier alpha value is -2.45. The Balaban J connectivity index is 1.60. The number of aliphatic hydroxyl groups excluding tert-OH is 1. The fraction of sp³-hybridized carbons (Fsp3) is 0.214. The van der Waals surface area contributed by atoms with Crippen LogP contribution in [0.25, 0.3) is 11.3 Å². The number of hydrogen-bond acceptors (Lipinski definition) is 6. The van der Waals surface area contributed by atoms with E-state index in [0.29, 0.717) is 11.5 Å². The number of aromatic nitrogens is 3. The van der Waals surface area contributed by atoms with E-state index in [0.717, 1.165) is 5.56 Å². The molecule has 0 saturated carbocycles. The predicted molar refractivity (Wildman–Crippen MR) is 80.3 cm³/mol. The lowest BCUT2D eigenvalue weighted by atomic mass is 10.2. The minimum absolute atomic E-state index is 0.0337. The largest absolute Gasteiger partial charge is 0.458 e. The van der Waals surface area contributed by atoms with Crippen LogP contribution in [-0.2, 0) is 7.05 Å². The number of hydrogen-bond donors (Lipinski definition) is 2. The Kier molecular flexibility index (Phi) is 4.03. The summed E-state index contributed by atoms with van der Waals surface area (Å²) in [7, 11) is 1.67. The fourth-order valence-corrected chi connectivity index (χ4v) is 2.57. The van der Waals surface area contributed by atoms with Crippen LogP contribution >= 0.6 is 11.3 Å². The maximum atomic E-state index is 11.8. The van der Waals surface area contributed by atoms with Gasteiger partial charge in [-0.2, -0.15) is 11.3 Å². The number of nitrogens with one attached hydrogen (secondary N) is 1. The van der Waals surface area contributed by atoms with Crippen LogP contribution in [0.5, 0.6) is 0 Å². The van der Waals surface area contributed by atoms with E-state index in [4.69, 9.17) is 4.42 Å². The second-order valence-electron chi connectivity index (χ2n) is 4.72. The van der Waals surface area contributed by atoms with Crippen molar-refractivity contribution in [1.29, 1.82) is 0 Å². The smallest absolute Gasteiger partial charge is 0.273 e. The molecular formula is C14H14N4O3S. The van der Waals surface area contributed by atoms with Crippen molar-refractivity contribution in [3.05, 3.63) is 46.6 Å². The highest BCUT2D eigenvalue weighted by Gasteiger charge is 2.16. The Labute approximate surface area is 130 Å². The summed E-state index contributed by atoms with van der Waals surface area (Å²) in [4.78, 5) is 11.8. The zero-order chi connectivity index (χ0) is 15.5. The number of nitrogens with zero attached hydrogens (tertiary/aromatic N) is 3. The number of rotatable bonds is 5. The molecule has 3 aromatic rings. The van der Waals surface area contributed by atoms with E-state index < -0.39 is 12.0 Å². The molecule has 114 valence electrons. The maximum absolute atomic E-state index is 11.8. The number of thiophene rings is 1. The van der Waals surface area contributed by atoms with E-state index in [1.165, 1.54) is 10.9 Å². The molecule has 1 atom stereocenters. The van der Waals surface area contributed by atoms with Gasteiger partial charge in [0.15, 0.2) is 5.69 Å². The molecule has 0 bridgehead atoms. The molecule has 3 rings (SSSR count). The first kappa shape index (κ1) is 14.5. The summed E-state index contributed by atoms with van der Waals surface area (Å²) in [5.74, 6) is 0.702. The standard InChI is InChI=1S/C14H14N4O3S/c1-18-7-10(16-17-18)14(20)15-6-11(19)13-3-2-12(21-13)9-4-5-22-8-9/h2-5,7-8,11,19H,6H2,1H3,(H,15,20)/t11-/m1/s1. The van der Waals surface area contributed by atoms with Crippen LogP contribution in [-0.4, -0.2) is 32.6 Å². The summed E-state index contributed by atoms with van der Waals surface area (Å²) in [6.07, 6.45) is 0.580. The topological polar surface area (TPSA) is 93.2 Å². The van der Waals surface area contributed by atoms with Gasteiger partial charge < -0.3 is 14.8 Å². The third-order valence-electron chi connectivity index (χ3n) is 3.05. The van der Waals surface area contributed by atoms with Crippen LogP contribution in [0.15, 0.2) is 39.6 Å². The van der Waals surface area contributed by atoms with E-state index in [1.54, 1.807) is 30.5 Å². The van der Waals surface area contributed by atoms with Gasteiger partial charge in [-0.1, -0.05) is 5.21 Å². The van der Waals surface area contributed by atoms with Gasteiger partial charge in [0, 0.05) is 18.0 Å². The van der Waals surface area contributed by atoms with E-state index in [2.05, 4.69) is 15.6 Å². The van der Waals surface area contributed by atoms with E-state index in [9.17, 15) is 9.90 Å². The Morgan fingerprint density at radius 2 is 2.36 bits per heavy atom. The zero-order valence-electron chi connectivity index (χ0n) is 11.8. The second kappa shape index (κ2) is 6.12. The van der Waals surface area contributed by atoms with E-state index >= 15 is 0 Å². The van der Waals surface area contributed by atoms with Gasteiger partial charge in [-0.15, -0.1) is 5.10 Å². The molecule has 3 heterocycles. The maximum Gasteiger partial charge on any atom is 0.273 e. The van der Waals surface area contributed by atoms with Crippen molar-refractivity contribution in [1.82, 2.24) is 20.3 Å². The van der Waals surface area contributed by atoms with Crippen LogP contribution in [0.2, 0.25) is 0 Å². The van der Waals surface area contributed by atoms with Crippen molar-refractivity contribution >= 4 is 17.2 Å². The summed E-state index contributed by atoms with van der Waals surface area (Å²) in [6.45, 7) is 0.0337. The Morgan fingerprint density at radius 1 is 1.50 bits per heavy atom. The molecular weight excluding hydrogens is 304 g/mol. The average Bonchev–Trinajstić information content (AvgIpc) is 3.23. The molecule has 0 aliphatic carbocycles. The minimum Gasteiger partial charge on any atom is -0.458 e. The third-order valence-corrected chi connectivity index (χ3v) is 3.74. The first-order valence-electron chi connectivity index (χ1n) is 6.58. The van der Waals surface area contributed by atoms with Crippen LogP contribution in [0, 0.1) is 0 Å². The van der Waals surface area contributed by atoms with Crippen molar-refractivity contribution in [2.75, 3.05) is 6.54 Å². The predicted octanol–water partition coefficient (Wildman–Crippen LogP) is 1.60. The second-order valence-corrected chi connectivity index (χ2v) is 5.50. The number of aryl methyl sites for hydroxylation is 1. The van der Waals surface area contributed by atoms with Gasteiger partial charge in [-0.3, -0.25) is 9.48 Å². The molecule has 0 aliphatic heterocycles. The zero-order valence-corrected chi connectivity index (χ0v) is 12.6. The molecule has 7 nitrogen and oxygen atoms in total. The summed E-state index contributed by atoms with van der Waals surface area (Å²) in [6, 6.07) is 5.44. The molecule has 0 radical (unpaired) electrons. The highest BCUT2D eigenvalue weighted by atomic mass is 32.1. The number of carbonyl (C=O) groups excluding carboxylic acids is 1. The number of amides is 1. The number of aliphatic hydroxyl groups is 1. The molecule has 0 aromatic carbocycles. The van der Waals surface area contributed by atoms with Crippen molar-refractivity contribution < 1.29 is 14.3 Å². The number of carbonyl (C=O) groups is 1. The molecule has 0 fully saturated rings. The first-order chi connectivity index (χ1) is 10.6. The average molecular weight is 318 g/mol. The molecule has 0 aliphatic rings. The van der Waals surface area contributed by atoms with Crippen LogP contribution in [0.1, 0.15) is 22.4 Å². The highest BCUT2D eigenvalue weighted by Crippen LogP contribution is 2.26. The lowest BCUT2D eigenvalue weighted by Crippen LogP contribution is -2.28. The lowest BCUT2D eigenvalue weighted by molar-refractivity contribution is 0.0897. The van der Waals surface area contributed by atoms with Gasteiger partial charge in [0.25, 0.3) is 5.91 Å². The molecule has 0 saturated heterocycles. The normalized spacial score (nSPS) is 12.3. The Morgan fingerprint density at radius 3 is 3.05 bits per heavy atom. The van der Waals surface area contributed by atoms with Gasteiger partial charge in [0.1, 0.15) is 17.6 Å². The molecule has 1 amide bonds. The summed E-state index contributed by atoms with van der Waals surface area (Å²) in [5, 5.41) is 24.0. The summed E-state index contributed by atoms with van der Waals surface area (Å²) in [5.41, 5.74) is 1.17. The molecule has 0 spiro atoms. The monoisotopic (exact) mass is 318 g/mol. The number of furan rings is 1. The quantitative estimate of drug-likeness (QED) is 0.745. The molecule has 3 aromatic heterocycles. The molecule has 0 unspecified atom stereocenters. The summed E-state index contributed by atoms with van der Waals surface area (Å²) >= 11 is 1.57. The van der Waals surface area contributed by atoms with Gasteiger partial charge in [0.05, 0.1) is 12.7 Å². The van der Waals surface area contributed by atoms with Crippen molar-refractivity contribution in [3.63, 3.8) is 0 Å². The third kappa shape index (κ3) is 3.07. The summed E-state index contributed by atoms with van der Waals surface area (Å²) < 4.78 is 7.04. The van der Waals surface area contributed by atoms with Crippen molar-refractivity contribution in [3.8, 4) is 11.3 Å². The van der Waals surface area contributed by atoms with Gasteiger partial charge in [-0.05, 0) is 23.6 Å². The van der Waals surface area contributed by atoms with Gasteiger partial charge in [0.2, 0.25) is 0 Å². The minimum atomic E-state index is -0.923. The van der Waals surface area contributed by atoms with E-state index in [1.807, 2.05) is 16.8 Å². The van der Waals surface area contributed by atoms with Crippen LogP contribution < -0.4 is 5.32 Å². The van der Waals surface area contributed by atoms with Gasteiger partial charge >= 0.3 is 0 Å². The van der Waals surface area contributed by atoms with E-state index in [-0.39, 0.29) is 12.2 Å². The fourth-order valence-electron chi connectivity index (χ4n) is 1.92. The van der Waals surface area contributed by atoms with Crippen molar-refractivity contribution in [2.24, 2.45) is 7.05 Å². The molecule has 22 heavy (non-hydrogen) atoms. The van der Waals surface area contributed by atoms with Crippen molar-refractivity contribution in [2.45, 2.75) is 6.10 Å². The Bertz CT molecular complexity index is 763. The first-order valence-corrected chi connectivity index (χ1v) is 7.52. The molecule has 8 heteroatoms. The highest BCUT2D eigenvalue weighted by molar-refractivity contribution is 7.08.